The third-order valence-corrected chi connectivity index (χ3v) is 5.35. The molecule has 148 valence electrons. The molecule has 2 atom stereocenters. The van der Waals surface area contributed by atoms with Crippen LogP contribution in [-0.2, 0) is 17.8 Å². The summed E-state index contributed by atoms with van der Waals surface area (Å²) in [7, 11) is 0. The molecule has 1 heterocycles. The average Bonchev–Trinajstić information content (AvgIpc) is 3.31. The fraction of sp³-hybridized carbons (Fsp3) is 0.381. The normalized spacial score (nSPS) is 21.8. The zero-order valence-corrected chi connectivity index (χ0v) is 16.1. The standard InChI is InChI=1S/C21H19ClF2O4/c1-21(2)8-11-3-13(22)4-12(18(11)28-21)9-27-19-16(23)5-10(6-17(19)24)14-7-15(14)20(25)26/h3-6,14-15H,7-9H2,1-2H3,(H,25,26). The van der Waals surface area contributed by atoms with Crippen molar-refractivity contribution in [2.75, 3.05) is 0 Å². The summed E-state index contributed by atoms with van der Waals surface area (Å²) in [6.07, 6.45) is 1.07. The lowest BCUT2D eigenvalue weighted by Crippen LogP contribution is -2.25. The van der Waals surface area contributed by atoms with Crippen LogP contribution in [0.25, 0.3) is 0 Å². The first kappa shape index (κ1) is 19.0. The number of halogens is 3. The molecule has 1 aliphatic heterocycles. The molecule has 0 bridgehead atoms. The Bertz CT molecular complexity index is 950. The number of hydrogen-bond donors (Lipinski definition) is 1. The van der Waals surface area contributed by atoms with Gasteiger partial charge >= 0.3 is 5.97 Å². The van der Waals surface area contributed by atoms with Gasteiger partial charge in [-0.3, -0.25) is 4.79 Å². The minimum absolute atomic E-state index is 0.104. The van der Waals surface area contributed by atoms with Crippen molar-refractivity contribution in [3.05, 3.63) is 57.6 Å². The van der Waals surface area contributed by atoms with E-state index < -0.39 is 29.3 Å². The van der Waals surface area contributed by atoms with Gasteiger partial charge in [0.05, 0.1) is 5.92 Å². The Kier molecular flexibility index (Phi) is 4.49. The molecule has 4 rings (SSSR count). The van der Waals surface area contributed by atoms with Crippen molar-refractivity contribution in [1.29, 1.82) is 0 Å². The minimum Gasteiger partial charge on any atom is -0.487 e. The van der Waals surface area contributed by atoms with Crippen LogP contribution in [-0.4, -0.2) is 16.7 Å². The van der Waals surface area contributed by atoms with Gasteiger partial charge in [-0.2, -0.15) is 0 Å². The fourth-order valence-corrected chi connectivity index (χ4v) is 4.03. The van der Waals surface area contributed by atoms with Gasteiger partial charge in [-0.15, -0.1) is 0 Å². The summed E-state index contributed by atoms with van der Waals surface area (Å²) in [4.78, 5) is 11.0. The zero-order valence-electron chi connectivity index (χ0n) is 15.4. The summed E-state index contributed by atoms with van der Waals surface area (Å²) in [6.45, 7) is 3.80. The maximum absolute atomic E-state index is 14.4. The Balaban J connectivity index is 1.55. The Morgan fingerprint density at radius 1 is 1.29 bits per heavy atom. The second kappa shape index (κ2) is 6.62. The number of benzene rings is 2. The second-order valence-corrected chi connectivity index (χ2v) is 8.42. The number of aliphatic carboxylic acids is 1. The summed E-state index contributed by atoms with van der Waals surface area (Å²) in [6, 6.07) is 5.77. The first-order valence-corrected chi connectivity index (χ1v) is 9.37. The third kappa shape index (κ3) is 3.53. The Labute approximate surface area is 166 Å². The van der Waals surface area contributed by atoms with Crippen LogP contribution >= 0.6 is 11.6 Å². The van der Waals surface area contributed by atoms with Gasteiger partial charge in [0.1, 0.15) is 18.0 Å². The van der Waals surface area contributed by atoms with E-state index in [4.69, 9.17) is 26.2 Å². The van der Waals surface area contributed by atoms with Gasteiger partial charge in [0.15, 0.2) is 17.4 Å². The zero-order chi connectivity index (χ0) is 20.2. The van der Waals surface area contributed by atoms with Crippen LogP contribution in [0.3, 0.4) is 0 Å². The SMILES string of the molecule is CC1(C)Cc2cc(Cl)cc(COc3c(F)cc(C4CC4C(=O)O)cc3F)c2O1. The molecule has 2 unspecified atom stereocenters. The van der Waals surface area contributed by atoms with Gasteiger partial charge in [-0.1, -0.05) is 11.6 Å². The molecule has 28 heavy (non-hydrogen) atoms. The van der Waals surface area contributed by atoms with Gasteiger partial charge < -0.3 is 14.6 Å². The highest BCUT2D eigenvalue weighted by Crippen LogP contribution is 2.48. The van der Waals surface area contributed by atoms with Crippen LogP contribution < -0.4 is 9.47 Å². The predicted molar refractivity (Wildman–Crippen MR) is 99.0 cm³/mol. The molecule has 1 aliphatic carbocycles. The lowest BCUT2D eigenvalue weighted by Gasteiger charge is -2.18. The smallest absolute Gasteiger partial charge is 0.307 e. The summed E-state index contributed by atoms with van der Waals surface area (Å²) >= 11 is 6.16. The molecule has 7 heteroatoms. The van der Waals surface area contributed by atoms with Crippen LogP contribution in [0.4, 0.5) is 8.78 Å². The topological polar surface area (TPSA) is 55.8 Å². The van der Waals surface area contributed by atoms with Crippen LogP contribution in [0.15, 0.2) is 24.3 Å². The van der Waals surface area contributed by atoms with Gasteiger partial charge in [-0.25, -0.2) is 8.78 Å². The maximum Gasteiger partial charge on any atom is 0.307 e. The van der Waals surface area contributed by atoms with E-state index in [9.17, 15) is 13.6 Å². The van der Waals surface area contributed by atoms with Crippen LogP contribution in [0, 0.1) is 17.6 Å². The molecule has 1 N–H and O–H groups in total. The molecule has 0 amide bonds. The van der Waals surface area contributed by atoms with Crippen LogP contribution in [0.1, 0.15) is 42.9 Å². The maximum atomic E-state index is 14.4. The van der Waals surface area contributed by atoms with Crippen molar-refractivity contribution in [2.45, 2.75) is 44.8 Å². The third-order valence-electron chi connectivity index (χ3n) is 5.13. The molecule has 0 aromatic heterocycles. The molecule has 1 saturated carbocycles. The first-order chi connectivity index (χ1) is 13.1. The number of rotatable bonds is 5. The van der Waals surface area contributed by atoms with Crippen molar-refractivity contribution in [3.63, 3.8) is 0 Å². The van der Waals surface area contributed by atoms with E-state index in [0.29, 0.717) is 34.7 Å². The van der Waals surface area contributed by atoms with Gasteiger partial charge in [0.25, 0.3) is 0 Å². The molecule has 2 aromatic rings. The van der Waals surface area contributed by atoms with Crippen molar-refractivity contribution < 1.29 is 28.2 Å². The largest absolute Gasteiger partial charge is 0.487 e. The molecular formula is C21H19ClF2O4. The fourth-order valence-electron chi connectivity index (χ4n) is 3.77. The number of hydrogen-bond acceptors (Lipinski definition) is 3. The van der Waals surface area contributed by atoms with E-state index in [0.717, 1.165) is 17.7 Å². The van der Waals surface area contributed by atoms with E-state index in [1.54, 1.807) is 6.07 Å². The highest BCUT2D eigenvalue weighted by molar-refractivity contribution is 6.30. The van der Waals surface area contributed by atoms with Crippen LogP contribution in [0.2, 0.25) is 5.02 Å². The van der Waals surface area contributed by atoms with Crippen molar-refractivity contribution in [3.8, 4) is 11.5 Å². The predicted octanol–water partition coefficient (Wildman–Crippen LogP) is 5.10. The molecule has 0 spiro atoms. The number of carbonyl (C=O) groups is 1. The van der Waals surface area contributed by atoms with E-state index >= 15 is 0 Å². The molecule has 2 aromatic carbocycles. The number of ether oxygens (including phenoxy) is 2. The quantitative estimate of drug-likeness (QED) is 0.748. The van der Waals surface area contributed by atoms with Gasteiger partial charge in [0, 0.05) is 17.0 Å². The Morgan fingerprint density at radius 2 is 1.96 bits per heavy atom. The molecule has 0 radical (unpaired) electrons. The number of carboxylic acids is 1. The lowest BCUT2D eigenvalue weighted by molar-refractivity contribution is -0.138. The summed E-state index contributed by atoms with van der Waals surface area (Å²) < 4.78 is 40.2. The van der Waals surface area contributed by atoms with Crippen molar-refractivity contribution in [1.82, 2.24) is 0 Å². The summed E-state index contributed by atoms with van der Waals surface area (Å²) in [5.74, 6) is -3.47. The highest BCUT2D eigenvalue weighted by atomic mass is 35.5. The Hall–Kier alpha value is -2.34. The van der Waals surface area contributed by atoms with E-state index in [2.05, 4.69) is 0 Å². The molecular weight excluding hydrogens is 390 g/mol. The molecule has 0 saturated heterocycles. The van der Waals surface area contributed by atoms with E-state index in [1.165, 1.54) is 0 Å². The second-order valence-electron chi connectivity index (χ2n) is 7.98. The molecule has 4 nitrogen and oxygen atoms in total. The lowest BCUT2D eigenvalue weighted by atomic mass is 10.0. The summed E-state index contributed by atoms with van der Waals surface area (Å²) in [5, 5.41) is 9.49. The highest BCUT2D eigenvalue weighted by Gasteiger charge is 2.44. The average molecular weight is 409 g/mol. The molecule has 1 fully saturated rings. The number of fused-ring (bicyclic) bond motifs is 1. The Morgan fingerprint density at radius 3 is 2.57 bits per heavy atom. The van der Waals surface area contributed by atoms with Gasteiger partial charge in [0.2, 0.25) is 0 Å². The number of carboxylic acid groups (broad SMARTS) is 1. The van der Waals surface area contributed by atoms with E-state index in [1.807, 2.05) is 19.9 Å². The molecule has 2 aliphatic rings. The monoisotopic (exact) mass is 408 g/mol. The van der Waals surface area contributed by atoms with Gasteiger partial charge in [-0.05, 0) is 61.6 Å². The van der Waals surface area contributed by atoms with Crippen molar-refractivity contribution in [2.24, 2.45) is 5.92 Å². The van der Waals surface area contributed by atoms with Crippen molar-refractivity contribution >= 4 is 17.6 Å². The minimum atomic E-state index is -0.955. The van der Waals surface area contributed by atoms with Crippen LogP contribution in [0.5, 0.6) is 11.5 Å². The van der Waals surface area contributed by atoms with E-state index in [-0.39, 0.29) is 18.1 Å². The first-order valence-electron chi connectivity index (χ1n) is 8.99. The summed E-state index contributed by atoms with van der Waals surface area (Å²) in [5.41, 5.74) is 1.50.